The number of hydrogen-bond donors (Lipinski definition) is 1. The van der Waals surface area contributed by atoms with Gasteiger partial charge in [0, 0.05) is 12.1 Å². The minimum atomic E-state index is -0.720. The Labute approximate surface area is 231 Å². The van der Waals surface area contributed by atoms with Gasteiger partial charge in [-0.1, -0.05) is 41.6 Å². The molecule has 1 amide bonds. The normalized spacial score (nSPS) is 16.3. The number of nitrogens with zero attached hydrogens (tertiary/aromatic N) is 4. The molecule has 1 aromatic heterocycles. The summed E-state index contributed by atoms with van der Waals surface area (Å²) >= 11 is 0. The van der Waals surface area contributed by atoms with E-state index in [1.165, 1.54) is 26.0 Å². The van der Waals surface area contributed by atoms with Crippen molar-refractivity contribution in [3.05, 3.63) is 83.7 Å². The monoisotopic (exact) mass is 546 g/mol. The molecule has 1 aliphatic heterocycles. The number of benzene rings is 3. The molecule has 0 spiro atoms. The van der Waals surface area contributed by atoms with Gasteiger partial charge in [0.2, 0.25) is 5.75 Å². The predicted molar refractivity (Wildman–Crippen MR) is 145 cm³/mol. The SMILES string of the molecule is COc1ccc([C@H]2[C@H](n3cc(CO)nn3)C(=O)N2c2cc(OC)c(OC)c(OC)c2)cc1OCc1ccccc1. The van der Waals surface area contributed by atoms with Gasteiger partial charge in [-0.05, 0) is 23.3 Å². The van der Waals surface area contributed by atoms with Gasteiger partial charge in [0.05, 0.1) is 53.0 Å². The lowest BCUT2D eigenvalue weighted by Crippen LogP contribution is -2.56. The van der Waals surface area contributed by atoms with Crippen molar-refractivity contribution in [2.45, 2.75) is 25.3 Å². The lowest BCUT2D eigenvalue weighted by molar-refractivity contribution is -0.129. The highest BCUT2D eigenvalue weighted by molar-refractivity contribution is 6.05. The average molecular weight is 547 g/mol. The smallest absolute Gasteiger partial charge is 0.255 e. The molecule has 4 aromatic rings. The lowest BCUT2D eigenvalue weighted by Gasteiger charge is -2.47. The van der Waals surface area contributed by atoms with E-state index in [2.05, 4.69) is 10.3 Å². The number of amides is 1. The summed E-state index contributed by atoms with van der Waals surface area (Å²) in [6, 6.07) is 17.6. The molecular weight excluding hydrogens is 516 g/mol. The van der Waals surface area contributed by atoms with Gasteiger partial charge in [-0.3, -0.25) is 9.69 Å². The van der Waals surface area contributed by atoms with Crippen molar-refractivity contribution in [1.29, 1.82) is 0 Å². The second-order valence-corrected chi connectivity index (χ2v) is 9.01. The van der Waals surface area contributed by atoms with Crippen molar-refractivity contribution in [2.24, 2.45) is 0 Å². The van der Waals surface area contributed by atoms with Crippen LogP contribution in [0, 0.1) is 0 Å². The van der Waals surface area contributed by atoms with Crippen LogP contribution in [0.2, 0.25) is 0 Å². The van der Waals surface area contributed by atoms with E-state index in [-0.39, 0.29) is 12.5 Å². The lowest BCUT2D eigenvalue weighted by atomic mass is 9.87. The summed E-state index contributed by atoms with van der Waals surface area (Å²) in [5.74, 6) is 2.11. The number of hydrogen-bond acceptors (Lipinski definition) is 9. The number of ether oxygens (including phenoxy) is 5. The Morgan fingerprint density at radius 3 is 2.12 bits per heavy atom. The molecule has 1 fully saturated rings. The maximum atomic E-state index is 13.7. The van der Waals surface area contributed by atoms with Gasteiger partial charge in [-0.25, -0.2) is 4.68 Å². The predicted octanol–water partition coefficient (Wildman–Crippen LogP) is 3.71. The molecule has 2 heterocycles. The Balaban J connectivity index is 1.57. The molecule has 11 heteroatoms. The van der Waals surface area contributed by atoms with E-state index in [9.17, 15) is 9.90 Å². The van der Waals surface area contributed by atoms with Crippen LogP contribution in [0.3, 0.4) is 0 Å². The van der Waals surface area contributed by atoms with E-state index in [1.54, 1.807) is 30.3 Å². The third-order valence-corrected chi connectivity index (χ3v) is 6.77. The molecule has 2 atom stereocenters. The maximum Gasteiger partial charge on any atom is 0.255 e. The maximum absolute atomic E-state index is 13.7. The number of aliphatic hydroxyl groups excluding tert-OH is 1. The first-order chi connectivity index (χ1) is 19.5. The fourth-order valence-electron chi connectivity index (χ4n) is 4.80. The van der Waals surface area contributed by atoms with E-state index < -0.39 is 12.1 Å². The van der Waals surface area contributed by atoms with Gasteiger partial charge in [-0.15, -0.1) is 5.10 Å². The zero-order valence-corrected chi connectivity index (χ0v) is 22.6. The van der Waals surface area contributed by atoms with E-state index in [0.717, 1.165) is 11.1 Å². The Morgan fingerprint density at radius 1 is 0.825 bits per heavy atom. The topological polar surface area (TPSA) is 117 Å². The van der Waals surface area contributed by atoms with Crippen LogP contribution in [-0.4, -0.2) is 54.4 Å². The Bertz CT molecular complexity index is 1470. The summed E-state index contributed by atoms with van der Waals surface area (Å²) in [5, 5.41) is 17.6. The fourth-order valence-corrected chi connectivity index (χ4v) is 4.80. The minimum Gasteiger partial charge on any atom is -0.493 e. The van der Waals surface area contributed by atoms with Crippen LogP contribution in [0.1, 0.15) is 28.9 Å². The number of methoxy groups -OCH3 is 4. The van der Waals surface area contributed by atoms with Crippen molar-refractivity contribution < 1.29 is 33.6 Å². The van der Waals surface area contributed by atoms with Gasteiger partial charge < -0.3 is 28.8 Å². The summed E-state index contributed by atoms with van der Waals surface area (Å²) in [6.07, 6.45) is 1.57. The highest BCUT2D eigenvalue weighted by atomic mass is 16.5. The molecule has 0 aliphatic carbocycles. The Morgan fingerprint density at radius 2 is 1.52 bits per heavy atom. The first-order valence-electron chi connectivity index (χ1n) is 12.5. The first-order valence-corrected chi connectivity index (χ1v) is 12.5. The van der Waals surface area contributed by atoms with Crippen molar-refractivity contribution in [3.63, 3.8) is 0 Å². The molecule has 0 radical (unpaired) electrons. The van der Waals surface area contributed by atoms with Gasteiger partial charge in [0.25, 0.3) is 5.91 Å². The molecule has 5 rings (SSSR count). The molecule has 1 aliphatic rings. The Hall–Kier alpha value is -4.77. The van der Waals surface area contributed by atoms with Crippen molar-refractivity contribution in [1.82, 2.24) is 15.0 Å². The highest BCUT2D eigenvalue weighted by Gasteiger charge is 2.51. The van der Waals surface area contributed by atoms with E-state index in [4.69, 9.17) is 23.7 Å². The van der Waals surface area contributed by atoms with Crippen LogP contribution >= 0.6 is 0 Å². The summed E-state index contributed by atoms with van der Waals surface area (Å²) in [4.78, 5) is 15.4. The second-order valence-electron chi connectivity index (χ2n) is 9.01. The number of aromatic nitrogens is 3. The summed E-state index contributed by atoms with van der Waals surface area (Å²) in [5.41, 5.74) is 2.69. The largest absolute Gasteiger partial charge is 0.493 e. The van der Waals surface area contributed by atoms with Gasteiger partial charge in [0.1, 0.15) is 12.3 Å². The van der Waals surface area contributed by atoms with Crippen LogP contribution in [0.25, 0.3) is 0 Å². The molecule has 0 saturated carbocycles. The van der Waals surface area contributed by atoms with Gasteiger partial charge >= 0.3 is 0 Å². The molecule has 3 aromatic carbocycles. The number of carbonyl (C=O) groups is 1. The van der Waals surface area contributed by atoms with Crippen molar-refractivity contribution >= 4 is 11.6 Å². The van der Waals surface area contributed by atoms with Crippen LogP contribution < -0.4 is 28.6 Å². The molecule has 208 valence electrons. The zero-order chi connectivity index (χ0) is 28.2. The van der Waals surface area contributed by atoms with Gasteiger partial charge in [0.15, 0.2) is 29.0 Å². The first kappa shape index (κ1) is 26.8. The second kappa shape index (κ2) is 11.5. The molecule has 40 heavy (non-hydrogen) atoms. The third kappa shape index (κ3) is 4.87. The number of β-lactam (4-membered cyclic amide) rings is 1. The summed E-state index contributed by atoms with van der Waals surface area (Å²) in [6.45, 7) is 0.0510. The van der Waals surface area contributed by atoms with Crippen LogP contribution in [0.15, 0.2) is 66.9 Å². The van der Waals surface area contributed by atoms with Crippen molar-refractivity contribution in [2.75, 3.05) is 33.3 Å². The summed E-state index contributed by atoms with van der Waals surface area (Å²) < 4.78 is 29.7. The number of rotatable bonds is 11. The van der Waals surface area contributed by atoms with Crippen LogP contribution in [0.4, 0.5) is 5.69 Å². The third-order valence-electron chi connectivity index (χ3n) is 6.77. The van der Waals surface area contributed by atoms with Crippen LogP contribution in [-0.2, 0) is 18.0 Å². The molecule has 1 N–H and O–H groups in total. The van der Waals surface area contributed by atoms with Gasteiger partial charge in [-0.2, -0.15) is 0 Å². The number of carbonyl (C=O) groups excluding carboxylic acids is 1. The van der Waals surface area contributed by atoms with Crippen molar-refractivity contribution in [3.8, 4) is 28.7 Å². The molecular formula is C29H30N4O7. The number of anilines is 1. The molecule has 1 saturated heterocycles. The highest BCUT2D eigenvalue weighted by Crippen LogP contribution is 2.51. The fraction of sp³-hybridized carbons (Fsp3) is 0.276. The zero-order valence-electron chi connectivity index (χ0n) is 22.6. The molecule has 11 nitrogen and oxygen atoms in total. The molecule has 0 unspecified atom stereocenters. The quantitative estimate of drug-likeness (QED) is 0.281. The van der Waals surface area contributed by atoms with E-state index in [0.29, 0.717) is 46.7 Å². The van der Waals surface area contributed by atoms with Crippen LogP contribution in [0.5, 0.6) is 28.7 Å². The van der Waals surface area contributed by atoms with E-state index in [1.807, 2.05) is 48.5 Å². The average Bonchev–Trinajstić information content (AvgIpc) is 3.46. The molecule has 0 bridgehead atoms. The Kier molecular flexibility index (Phi) is 7.74. The number of aliphatic hydroxyl groups is 1. The standard InChI is InChI=1S/C29H30N4O7/c1-36-22-11-10-19(12-23(22)40-17-18-8-6-5-7-9-18)26-27(32-15-20(16-34)30-31-32)29(35)33(26)21-13-24(37-2)28(39-4)25(14-21)38-3/h5-15,26-27,34H,16-17H2,1-4H3/t26-,27-/m0/s1. The van der Waals surface area contributed by atoms with E-state index >= 15 is 0 Å². The summed E-state index contributed by atoms with van der Waals surface area (Å²) in [7, 11) is 6.13. The minimum absolute atomic E-state index is 0.226.